The van der Waals surface area contributed by atoms with Crippen molar-refractivity contribution in [3.05, 3.63) is 29.6 Å². The van der Waals surface area contributed by atoms with Crippen molar-refractivity contribution in [2.75, 3.05) is 13.1 Å². The summed E-state index contributed by atoms with van der Waals surface area (Å²) in [5, 5.41) is 12.3. The van der Waals surface area contributed by atoms with E-state index in [-0.39, 0.29) is 11.3 Å². The van der Waals surface area contributed by atoms with Crippen LogP contribution in [0.4, 0.5) is 4.39 Å². The smallest absolute Gasteiger partial charge is 0.255 e. The zero-order chi connectivity index (χ0) is 15.3. The Labute approximate surface area is 119 Å². The van der Waals surface area contributed by atoms with E-state index in [9.17, 15) is 14.3 Å². The summed E-state index contributed by atoms with van der Waals surface area (Å²) in [7, 11) is 0. The molecule has 2 N–H and O–H groups in total. The number of carbonyl (C=O) groups is 1. The van der Waals surface area contributed by atoms with E-state index in [1.165, 1.54) is 6.07 Å². The molecule has 0 bridgehead atoms. The second-order valence-electron chi connectivity index (χ2n) is 5.34. The Hall–Kier alpha value is -1.62. The summed E-state index contributed by atoms with van der Waals surface area (Å²) in [6, 6.07) is 4.10. The highest BCUT2D eigenvalue weighted by atomic mass is 19.1. The van der Waals surface area contributed by atoms with Crippen molar-refractivity contribution in [3.63, 3.8) is 0 Å². The predicted molar refractivity (Wildman–Crippen MR) is 77.4 cm³/mol. The van der Waals surface area contributed by atoms with Gasteiger partial charge in [-0.15, -0.1) is 0 Å². The molecule has 0 unspecified atom stereocenters. The van der Waals surface area contributed by atoms with Crippen LogP contribution in [0.25, 0.3) is 0 Å². The summed E-state index contributed by atoms with van der Waals surface area (Å²) in [5.41, 5.74) is -0.0364. The molecule has 1 aromatic carbocycles. The van der Waals surface area contributed by atoms with E-state index in [2.05, 4.69) is 37.9 Å². The van der Waals surface area contributed by atoms with Crippen LogP contribution in [0.5, 0.6) is 5.75 Å². The van der Waals surface area contributed by atoms with Crippen LogP contribution in [0.3, 0.4) is 0 Å². The molecule has 0 aliphatic carbocycles. The van der Waals surface area contributed by atoms with Crippen molar-refractivity contribution in [1.82, 2.24) is 10.2 Å². The van der Waals surface area contributed by atoms with Crippen LogP contribution in [0.15, 0.2) is 18.2 Å². The third-order valence-electron chi connectivity index (χ3n) is 3.19. The highest BCUT2D eigenvalue weighted by Crippen LogP contribution is 2.17. The summed E-state index contributed by atoms with van der Waals surface area (Å²) in [5.74, 6) is -1.22. The fraction of sp³-hybridized carbons (Fsp3) is 0.533. The van der Waals surface area contributed by atoms with Crippen LogP contribution in [0.2, 0.25) is 0 Å². The number of phenolic OH excluding ortho intramolecular Hbond substituents is 1. The van der Waals surface area contributed by atoms with Gasteiger partial charge in [-0.1, -0.05) is 0 Å². The first kappa shape index (κ1) is 16.4. The van der Waals surface area contributed by atoms with Gasteiger partial charge in [0.15, 0.2) is 0 Å². The molecule has 0 aliphatic heterocycles. The minimum Gasteiger partial charge on any atom is -0.507 e. The average Bonchev–Trinajstić information content (AvgIpc) is 2.36. The van der Waals surface area contributed by atoms with Gasteiger partial charge in [0, 0.05) is 25.2 Å². The number of nitrogens with one attached hydrogen (secondary N) is 1. The van der Waals surface area contributed by atoms with Crippen LogP contribution < -0.4 is 5.32 Å². The summed E-state index contributed by atoms with van der Waals surface area (Å²) in [6.45, 7) is 9.54. The van der Waals surface area contributed by atoms with E-state index >= 15 is 0 Å². The molecule has 1 rings (SSSR count). The zero-order valence-electron chi connectivity index (χ0n) is 12.5. The minimum atomic E-state index is -0.543. The molecule has 0 radical (unpaired) electrons. The maximum absolute atomic E-state index is 13.1. The van der Waals surface area contributed by atoms with Gasteiger partial charge < -0.3 is 10.4 Å². The lowest BCUT2D eigenvalue weighted by molar-refractivity contribution is 0.0936. The number of nitrogens with zero attached hydrogens (tertiary/aromatic N) is 1. The number of rotatable bonds is 6. The molecule has 1 amide bonds. The lowest BCUT2D eigenvalue weighted by Crippen LogP contribution is -2.42. The Morgan fingerprint density at radius 1 is 1.30 bits per heavy atom. The van der Waals surface area contributed by atoms with Crippen molar-refractivity contribution in [1.29, 1.82) is 0 Å². The molecule has 0 saturated heterocycles. The van der Waals surface area contributed by atoms with E-state index in [0.29, 0.717) is 25.2 Å². The van der Waals surface area contributed by atoms with Gasteiger partial charge in [-0.25, -0.2) is 4.39 Å². The van der Waals surface area contributed by atoms with Gasteiger partial charge in [0.05, 0.1) is 5.56 Å². The predicted octanol–water partition coefficient (Wildman–Crippen LogP) is 2.38. The average molecular weight is 282 g/mol. The molecule has 1 aromatic rings. The van der Waals surface area contributed by atoms with E-state index in [1.54, 1.807) is 0 Å². The molecule has 4 nitrogen and oxygen atoms in total. The lowest BCUT2D eigenvalue weighted by atomic mass is 10.2. The summed E-state index contributed by atoms with van der Waals surface area (Å²) < 4.78 is 13.1. The molecule has 0 atom stereocenters. The van der Waals surface area contributed by atoms with E-state index in [4.69, 9.17) is 0 Å². The maximum atomic E-state index is 13.1. The standard InChI is InChI=1S/C15H23FN2O2/c1-10(2)18(11(3)4)8-7-17-15(20)13-9-12(16)5-6-14(13)19/h5-6,9-11,19H,7-8H2,1-4H3,(H,17,20). The summed E-state index contributed by atoms with van der Waals surface area (Å²) in [4.78, 5) is 14.1. The summed E-state index contributed by atoms with van der Waals surface area (Å²) in [6.07, 6.45) is 0. The fourth-order valence-corrected chi connectivity index (χ4v) is 2.20. The van der Waals surface area contributed by atoms with Crippen LogP contribution in [-0.4, -0.2) is 41.1 Å². The molecule has 0 spiro atoms. The van der Waals surface area contributed by atoms with E-state index in [1.807, 2.05) is 0 Å². The van der Waals surface area contributed by atoms with Gasteiger partial charge >= 0.3 is 0 Å². The minimum absolute atomic E-state index is 0.0364. The molecule has 0 aromatic heterocycles. The maximum Gasteiger partial charge on any atom is 0.255 e. The largest absolute Gasteiger partial charge is 0.507 e. The van der Waals surface area contributed by atoms with Gasteiger partial charge in [-0.05, 0) is 45.9 Å². The van der Waals surface area contributed by atoms with E-state index in [0.717, 1.165) is 12.1 Å². The van der Waals surface area contributed by atoms with Gasteiger partial charge in [0.25, 0.3) is 5.91 Å². The molecular formula is C15H23FN2O2. The van der Waals surface area contributed by atoms with Gasteiger partial charge in [-0.2, -0.15) is 0 Å². The Morgan fingerprint density at radius 2 is 1.90 bits per heavy atom. The number of phenols is 1. The first-order chi connectivity index (χ1) is 9.32. The van der Waals surface area contributed by atoms with Crippen LogP contribution in [0, 0.1) is 5.82 Å². The van der Waals surface area contributed by atoms with Crippen molar-refractivity contribution in [3.8, 4) is 5.75 Å². The molecule has 112 valence electrons. The molecule has 0 aliphatic rings. The number of hydrogen-bond donors (Lipinski definition) is 2. The summed E-state index contributed by atoms with van der Waals surface area (Å²) >= 11 is 0. The number of carbonyl (C=O) groups excluding carboxylic acids is 1. The lowest BCUT2D eigenvalue weighted by Gasteiger charge is -2.30. The zero-order valence-corrected chi connectivity index (χ0v) is 12.5. The van der Waals surface area contributed by atoms with Crippen molar-refractivity contribution in [2.45, 2.75) is 39.8 Å². The van der Waals surface area contributed by atoms with Gasteiger partial charge in [0.1, 0.15) is 11.6 Å². The quantitative estimate of drug-likeness (QED) is 0.842. The van der Waals surface area contributed by atoms with Crippen LogP contribution in [-0.2, 0) is 0 Å². The SMILES string of the molecule is CC(C)N(CCNC(=O)c1cc(F)ccc1O)C(C)C. The number of hydrogen-bond acceptors (Lipinski definition) is 3. The number of benzene rings is 1. The molecule has 0 fully saturated rings. The second-order valence-corrected chi connectivity index (χ2v) is 5.34. The number of aromatic hydroxyl groups is 1. The molecule has 5 heteroatoms. The van der Waals surface area contributed by atoms with Gasteiger partial charge in [0.2, 0.25) is 0 Å². The van der Waals surface area contributed by atoms with E-state index < -0.39 is 11.7 Å². The Balaban J connectivity index is 2.57. The Morgan fingerprint density at radius 3 is 2.45 bits per heavy atom. The van der Waals surface area contributed by atoms with Gasteiger partial charge in [-0.3, -0.25) is 9.69 Å². The van der Waals surface area contributed by atoms with Crippen molar-refractivity contribution < 1.29 is 14.3 Å². The third-order valence-corrected chi connectivity index (χ3v) is 3.19. The molecular weight excluding hydrogens is 259 g/mol. The van der Waals surface area contributed by atoms with Crippen LogP contribution in [0.1, 0.15) is 38.1 Å². The Bertz CT molecular complexity index is 453. The van der Waals surface area contributed by atoms with Crippen molar-refractivity contribution >= 4 is 5.91 Å². The highest BCUT2D eigenvalue weighted by molar-refractivity contribution is 5.96. The number of halogens is 1. The first-order valence-corrected chi connectivity index (χ1v) is 6.85. The molecule has 20 heavy (non-hydrogen) atoms. The third kappa shape index (κ3) is 4.49. The topological polar surface area (TPSA) is 52.6 Å². The highest BCUT2D eigenvalue weighted by Gasteiger charge is 2.15. The first-order valence-electron chi connectivity index (χ1n) is 6.85. The second kappa shape index (κ2) is 7.24. The van der Waals surface area contributed by atoms with Crippen LogP contribution >= 0.6 is 0 Å². The Kier molecular flexibility index (Phi) is 5.95. The molecule has 0 saturated carbocycles. The fourth-order valence-electron chi connectivity index (χ4n) is 2.20. The number of amides is 1. The molecule has 0 heterocycles. The normalized spacial score (nSPS) is 11.4. The van der Waals surface area contributed by atoms with Crippen molar-refractivity contribution in [2.24, 2.45) is 0 Å². The monoisotopic (exact) mass is 282 g/mol.